The van der Waals surface area contributed by atoms with Crippen molar-refractivity contribution < 1.29 is 0 Å². The summed E-state index contributed by atoms with van der Waals surface area (Å²) in [7, 11) is 0. The Kier molecular flexibility index (Phi) is 4.98. The fourth-order valence-corrected chi connectivity index (χ4v) is 11.0. The van der Waals surface area contributed by atoms with Crippen molar-refractivity contribution in [1.29, 1.82) is 0 Å². The molecule has 4 saturated carbocycles. The second kappa shape index (κ2) is 6.51. The molecule has 0 radical (unpaired) electrons. The smallest absolute Gasteiger partial charge is 0.0286 e. The third-order valence-corrected chi connectivity index (χ3v) is 12.0. The van der Waals surface area contributed by atoms with E-state index < -0.39 is 0 Å². The first kappa shape index (κ1) is 22.2. The minimum atomic E-state index is 0.502. The Morgan fingerprint density at radius 1 is 0.414 bits per heavy atom. The Morgan fingerprint density at radius 2 is 0.655 bits per heavy atom. The lowest BCUT2D eigenvalue weighted by molar-refractivity contribution is 0.135. The van der Waals surface area contributed by atoms with Crippen LogP contribution in [-0.4, -0.2) is 0 Å². The third kappa shape index (κ3) is 2.96. The van der Waals surface area contributed by atoms with Crippen LogP contribution in [0, 0.1) is 87.3 Å². The highest BCUT2D eigenvalue weighted by Gasteiger charge is 2.73. The van der Waals surface area contributed by atoms with Gasteiger partial charge in [0.15, 0.2) is 0 Å². The fraction of sp³-hybridized carbons (Fsp3) is 1.00. The van der Waals surface area contributed by atoms with Gasteiger partial charge in [0.1, 0.15) is 0 Å². The van der Waals surface area contributed by atoms with Gasteiger partial charge in [-0.15, -0.1) is 0 Å². The van der Waals surface area contributed by atoms with Crippen molar-refractivity contribution in [2.75, 3.05) is 0 Å². The normalized spacial score (nSPS) is 51.7. The molecule has 0 heterocycles. The summed E-state index contributed by atoms with van der Waals surface area (Å²) >= 11 is 0. The number of hydrogen-bond acceptors (Lipinski definition) is 0. The van der Waals surface area contributed by atoms with E-state index in [0.717, 1.165) is 71.0 Å². The Balaban J connectivity index is 1.48. The molecule has 0 aliphatic heterocycles. The van der Waals surface area contributed by atoms with Gasteiger partial charge in [-0.3, -0.25) is 0 Å². The van der Waals surface area contributed by atoms with Crippen molar-refractivity contribution in [1.82, 2.24) is 0 Å². The summed E-state index contributed by atoms with van der Waals surface area (Å²) in [6.07, 6.45) is 2.77. The summed E-state index contributed by atoms with van der Waals surface area (Å²) in [5.74, 6) is 11.5. The van der Waals surface area contributed by atoms with Gasteiger partial charge in [0.2, 0.25) is 0 Å². The van der Waals surface area contributed by atoms with Crippen LogP contribution in [-0.2, 0) is 0 Å². The lowest BCUT2D eigenvalue weighted by Gasteiger charge is -2.34. The second-order valence-electron chi connectivity index (χ2n) is 14.2. The van der Waals surface area contributed by atoms with E-state index in [1.807, 2.05) is 0 Å². The Morgan fingerprint density at radius 3 is 0.862 bits per heavy atom. The van der Waals surface area contributed by atoms with Crippen LogP contribution in [0.4, 0.5) is 0 Å². The summed E-state index contributed by atoms with van der Waals surface area (Å²) in [6, 6.07) is 0. The largest absolute Gasteiger partial charge is 0.0651 e. The first-order valence-electron chi connectivity index (χ1n) is 13.3. The van der Waals surface area contributed by atoms with Gasteiger partial charge in [0, 0.05) is 0 Å². The van der Waals surface area contributed by atoms with E-state index in [0.29, 0.717) is 16.2 Å². The van der Waals surface area contributed by atoms with Gasteiger partial charge in [-0.2, -0.15) is 0 Å². The molecule has 0 aromatic heterocycles. The van der Waals surface area contributed by atoms with Gasteiger partial charge < -0.3 is 0 Å². The maximum Gasteiger partial charge on any atom is -0.0286 e. The molecule has 0 amide bonds. The molecule has 0 N–H and O–H groups in total. The van der Waals surface area contributed by atoms with Gasteiger partial charge in [0.25, 0.3) is 0 Å². The van der Waals surface area contributed by atoms with Crippen LogP contribution in [0.25, 0.3) is 0 Å². The molecule has 0 saturated heterocycles. The molecule has 4 aliphatic rings. The predicted octanol–water partition coefficient (Wildman–Crippen LogP) is 8.41. The maximum absolute atomic E-state index is 2.67. The quantitative estimate of drug-likeness (QED) is 0.383. The van der Waals surface area contributed by atoms with E-state index in [9.17, 15) is 0 Å². The summed E-state index contributed by atoms with van der Waals surface area (Å²) in [4.78, 5) is 0. The molecule has 0 aromatic carbocycles. The molecule has 0 spiro atoms. The van der Waals surface area contributed by atoms with Gasteiger partial charge in [-0.05, 0) is 87.3 Å². The molecule has 0 aromatic rings. The highest BCUT2D eigenvalue weighted by Crippen LogP contribution is 2.78. The second-order valence-corrected chi connectivity index (χ2v) is 14.2. The molecule has 4 rings (SSSR count). The van der Waals surface area contributed by atoms with Gasteiger partial charge in [-0.1, -0.05) is 95.9 Å². The maximum atomic E-state index is 2.67. The van der Waals surface area contributed by atoms with Gasteiger partial charge in [-0.25, -0.2) is 0 Å². The monoisotopic (exact) mass is 400 g/mol. The first-order chi connectivity index (χ1) is 13.3. The summed E-state index contributed by atoms with van der Waals surface area (Å²) in [6.45, 7) is 30.9. The van der Waals surface area contributed by atoms with E-state index in [-0.39, 0.29) is 0 Å². The minimum absolute atomic E-state index is 0.502. The van der Waals surface area contributed by atoms with Gasteiger partial charge >= 0.3 is 0 Å². The zero-order chi connectivity index (χ0) is 21.8. The van der Waals surface area contributed by atoms with Crippen LogP contribution in [0.2, 0.25) is 0 Å². The van der Waals surface area contributed by atoms with Crippen LogP contribution in [0.1, 0.15) is 95.9 Å². The summed E-state index contributed by atoms with van der Waals surface area (Å²) in [5.41, 5.74) is 1.56. The average molecular weight is 401 g/mol. The zero-order valence-corrected chi connectivity index (χ0v) is 21.8. The minimum Gasteiger partial charge on any atom is -0.0651 e. The molecule has 0 heteroatoms. The highest BCUT2D eigenvalue weighted by atomic mass is 14.8. The van der Waals surface area contributed by atoms with Crippen LogP contribution in [0.5, 0.6) is 0 Å². The Bertz CT molecular complexity index is 584. The van der Waals surface area contributed by atoms with Crippen LogP contribution in [0.15, 0.2) is 0 Å². The van der Waals surface area contributed by atoms with Gasteiger partial charge in [0.05, 0.1) is 0 Å². The van der Waals surface area contributed by atoms with Crippen LogP contribution >= 0.6 is 0 Å². The molecular formula is C29H52. The third-order valence-electron chi connectivity index (χ3n) is 12.0. The summed E-state index contributed by atoms with van der Waals surface area (Å²) in [5, 5.41) is 0. The van der Waals surface area contributed by atoms with E-state index in [1.54, 1.807) is 0 Å². The molecule has 4 fully saturated rings. The zero-order valence-electron chi connectivity index (χ0n) is 21.8. The first-order valence-corrected chi connectivity index (χ1v) is 13.3. The van der Waals surface area contributed by atoms with Crippen LogP contribution in [0.3, 0.4) is 0 Å². The Hall–Kier alpha value is 0. The lowest BCUT2D eigenvalue weighted by Crippen LogP contribution is -2.29. The van der Waals surface area contributed by atoms with Crippen molar-refractivity contribution in [3.05, 3.63) is 0 Å². The number of hydrogen-bond donors (Lipinski definition) is 0. The fourth-order valence-electron chi connectivity index (χ4n) is 11.0. The van der Waals surface area contributed by atoms with E-state index >= 15 is 0 Å². The van der Waals surface area contributed by atoms with E-state index in [1.165, 1.54) is 12.8 Å². The van der Waals surface area contributed by atoms with Crippen molar-refractivity contribution in [3.8, 4) is 0 Å². The average Bonchev–Trinajstić information content (AvgIpc) is 3.43. The lowest BCUT2D eigenvalue weighted by atomic mass is 9.70. The van der Waals surface area contributed by atoms with Crippen molar-refractivity contribution in [3.63, 3.8) is 0 Å². The predicted molar refractivity (Wildman–Crippen MR) is 127 cm³/mol. The molecular weight excluding hydrogens is 348 g/mol. The molecule has 0 nitrogen and oxygen atoms in total. The van der Waals surface area contributed by atoms with Crippen molar-refractivity contribution >= 4 is 0 Å². The molecule has 4 aliphatic carbocycles. The van der Waals surface area contributed by atoms with E-state index in [2.05, 4.69) is 83.1 Å². The SMILES string of the molecule is CCC1C(C)C1C(C)(C)C1C(C)C1C(C)(C)C1C(C)C1C(C)(C)C1C(C)C1CC. The van der Waals surface area contributed by atoms with Crippen molar-refractivity contribution in [2.24, 2.45) is 87.3 Å². The van der Waals surface area contributed by atoms with Crippen LogP contribution < -0.4 is 0 Å². The standard InChI is InChI=1S/C29H52/c1-13-19-15(3)21(19)27(7,8)23-17(5)25(23)29(11,12)26-18(6)24(26)28(9,10)22-16(4)20(22)14-2/h15-26H,13-14H2,1-12H3. The highest BCUT2D eigenvalue weighted by molar-refractivity contribution is 5.20. The Labute approximate surface area is 183 Å². The molecule has 168 valence electrons. The van der Waals surface area contributed by atoms with E-state index in [4.69, 9.17) is 0 Å². The molecule has 12 atom stereocenters. The topological polar surface area (TPSA) is 0 Å². The molecule has 29 heavy (non-hydrogen) atoms. The number of rotatable bonds is 8. The van der Waals surface area contributed by atoms with Crippen molar-refractivity contribution in [2.45, 2.75) is 95.9 Å². The molecule has 12 unspecified atom stereocenters. The molecule has 0 bridgehead atoms. The summed E-state index contributed by atoms with van der Waals surface area (Å²) < 4.78 is 0.